The second-order valence-corrected chi connectivity index (χ2v) is 8.66. The number of para-hydroxylation sites is 2. The summed E-state index contributed by atoms with van der Waals surface area (Å²) in [5, 5.41) is 8.63. The number of fused-ring (bicyclic) bond motifs is 2. The SMILES string of the molecule is Cc1ccc2c(c1)CCCN2C(=O)CSc1nnc(CCc2nc3ccccc3[nH]2)o1. The fraction of sp³-hybridized carbons (Fsp3) is 0.304. The standard InChI is InChI=1S/C23H23N5O2S/c1-15-8-9-19-16(13-15)5-4-12-28(19)22(29)14-31-23-27-26-21(30-23)11-10-20-24-17-6-2-3-7-18(17)25-20/h2-3,6-9,13H,4-5,10-12,14H2,1H3,(H,24,25). The summed E-state index contributed by atoms with van der Waals surface area (Å²) >= 11 is 1.29. The zero-order valence-electron chi connectivity index (χ0n) is 17.3. The van der Waals surface area contributed by atoms with Gasteiger partial charge in [0.25, 0.3) is 5.22 Å². The van der Waals surface area contributed by atoms with Crippen molar-refractivity contribution in [3.63, 3.8) is 0 Å². The average Bonchev–Trinajstić information content (AvgIpc) is 3.41. The lowest BCUT2D eigenvalue weighted by atomic mass is 10.00. The van der Waals surface area contributed by atoms with E-state index in [-0.39, 0.29) is 11.7 Å². The number of aromatic amines is 1. The van der Waals surface area contributed by atoms with Gasteiger partial charge >= 0.3 is 0 Å². The Morgan fingerprint density at radius 3 is 3.00 bits per heavy atom. The van der Waals surface area contributed by atoms with E-state index in [0.717, 1.165) is 41.9 Å². The normalized spacial score (nSPS) is 13.5. The van der Waals surface area contributed by atoms with Crippen molar-refractivity contribution in [3.05, 3.63) is 65.3 Å². The molecule has 2 aromatic heterocycles. The molecule has 0 bridgehead atoms. The van der Waals surface area contributed by atoms with Gasteiger partial charge in [-0.05, 0) is 43.5 Å². The van der Waals surface area contributed by atoms with Crippen LogP contribution in [0.2, 0.25) is 0 Å². The molecule has 1 aliphatic rings. The van der Waals surface area contributed by atoms with E-state index in [2.05, 4.69) is 45.3 Å². The molecule has 0 aliphatic carbocycles. The van der Waals surface area contributed by atoms with Crippen molar-refractivity contribution in [1.29, 1.82) is 0 Å². The number of carbonyl (C=O) groups is 1. The molecule has 8 heteroatoms. The molecule has 0 saturated heterocycles. The number of carbonyl (C=O) groups excluding carboxylic acids is 1. The van der Waals surface area contributed by atoms with Crippen molar-refractivity contribution >= 4 is 34.4 Å². The van der Waals surface area contributed by atoms with Crippen LogP contribution in [0.5, 0.6) is 0 Å². The Bertz CT molecular complexity index is 1200. The maximum Gasteiger partial charge on any atom is 0.277 e. The van der Waals surface area contributed by atoms with Gasteiger partial charge in [-0.1, -0.05) is 41.6 Å². The zero-order valence-corrected chi connectivity index (χ0v) is 18.1. The number of amides is 1. The predicted octanol–water partition coefficient (Wildman–Crippen LogP) is 4.11. The van der Waals surface area contributed by atoms with E-state index in [9.17, 15) is 4.79 Å². The second-order valence-electron chi connectivity index (χ2n) is 7.73. The van der Waals surface area contributed by atoms with Crippen LogP contribution in [-0.4, -0.2) is 38.4 Å². The number of anilines is 1. The van der Waals surface area contributed by atoms with Gasteiger partial charge in [-0.3, -0.25) is 4.79 Å². The highest BCUT2D eigenvalue weighted by molar-refractivity contribution is 7.99. The van der Waals surface area contributed by atoms with Gasteiger partial charge in [0, 0.05) is 25.1 Å². The van der Waals surface area contributed by atoms with Crippen LogP contribution in [0.4, 0.5) is 5.69 Å². The summed E-state index contributed by atoms with van der Waals surface area (Å²) in [7, 11) is 0. The maximum atomic E-state index is 12.8. The molecular formula is C23H23N5O2S. The van der Waals surface area contributed by atoms with Gasteiger partial charge in [0.2, 0.25) is 11.8 Å². The topological polar surface area (TPSA) is 87.9 Å². The Kier molecular flexibility index (Phi) is 5.46. The van der Waals surface area contributed by atoms with Crippen LogP contribution in [0, 0.1) is 6.92 Å². The molecule has 31 heavy (non-hydrogen) atoms. The van der Waals surface area contributed by atoms with Gasteiger partial charge in [0.05, 0.1) is 16.8 Å². The van der Waals surface area contributed by atoms with E-state index in [1.54, 1.807) is 0 Å². The van der Waals surface area contributed by atoms with Crippen LogP contribution in [0.25, 0.3) is 11.0 Å². The number of benzene rings is 2. The number of hydrogen-bond acceptors (Lipinski definition) is 6. The summed E-state index contributed by atoms with van der Waals surface area (Å²) < 4.78 is 5.73. The first-order valence-electron chi connectivity index (χ1n) is 10.4. The molecule has 1 N–H and O–H groups in total. The number of thioether (sulfide) groups is 1. The minimum Gasteiger partial charge on any atom is -0.416 e. The molecule has 0 spiro atoms. The van der Waals surface area contributed by atoms with E-state index < -0.39 is 0 Å². The maximum absolute atomic E-state index is 12.8. The Morgan fingerprint density at radius 1 is 1.19 bits per heavy atom. The Labute approximate surface area is 184 Å². The molecule has 7 nitrogen and oxygen atoms in total. The monoisotopic (exact) mass is 433 g/mol. The van der Waals surface area contributed by atoms with E-state index in [0.29, 0.717) is 24.0 Å². The molecule has 0 fully saturated rings. The van der Waals surface area contributed by atoms with Gasteiger partial charge in [-0.15, -0.1) is 10.2 Å². The van der Waals surface area contributed by atoms with Crippen molar-refractivity contribution < 1.29 is 9.21 Å². The first-order valence-corrected chi connectivity index (χ1v) is 11.4. The van der Waals surface area contributed by atoms with Crippen molar-refractivity contribution in [3.8, 4) is 0 Å². The van der Waals surface area contributed by atoms with Crippen molar-refractivity contribution in [2.24, 2.45) is 0 Å². The Morgan fingerprint density at radius 2 is 2.10 bits per heavy atom. The Hall–Kier alpha value is -3.13. The molecule has 3 heterocycles. The number of nitrogens with one attached hydrogen (secondary N) is 1. The van der Waals surface area contributed by atoms with E-state index in [1.165, 1.54) is 22.9 Å². The highest BCUT2D eigenvalue weighted by atomic mass is 32.2. The molecule has 158 valence electrons. The molecule has 2 aromatic carbocycles. The van der Waals surface area contributed by atoms with Crippen LogP contribution in [0.15, 0.2) is 52.1 Å². The second kappa shape index (κ2) is 8.55. The summed E-state index contributed by atoms with van der Waals surface area (Å²) in [4.78, 5) is 22.6. The van der Waals surface area contributed by atoms with Crippen molar-refractivity contribution in [2.75, 3.05) is 17.2 Å². The zero-order chi connectivity index (χ0) is 21.2. The average molecular weight is 434 g/mol. The number of rotatable bonds is 6. The Balaban J connectivity index is 1.17. The molecule has 1 aliphatic heterocycles. The third-order valence-corrected chi connectivity index (χ3v) is 6.24. The first-order chi connectivity index (χ1) is 15.2. The summed E-state index contributed by atoms with van der Waals surface area (Å²) in [5.74, 6) is 1.78. The van der Waals surface area contributed by atoms with Gasteiger partial charge in [0.1, 0.15) is 5.82 Å². The lowest BCUT2D eigenvalue weighted by molar-refractivity contribution is -0.116. The lowest BCUT2D eigenvalue weighted by Gasteiger charge is -2.29. The van der Waals surface area contributed by atoms with Crippen molar-refractivity contribution in [1.82, 2.24) is 20.2 Å². The smallest absolute Gasteiger partial charge is 0.277 e. The summed E-state index contributed by atoms with van der Waals surface area (Å²) in [6.45, 7) is 2.83. The minimum absolute atomic E-state index is 0.0665. The number of hydrogen-bond donors (Lipinski definition) is 1. The number of aryl methyl sites for hydroxylation is 4. The highest BCUT2D eigenvalue weighted by Gasteiger charge is 2.23. The fourth-order valence-electron chi connectivity index (χ4n) is 3.93. The molecule has 0 radical (unpaired) electrons. The van der Waals surface area contributed by atoms with Crippen LogP contribution in [0.1, 0.15) is 29.3 Å². The molecule has 0 unspecified atom stereocenters. The lowest BCUT2D eigenvalue weighted by Crippen LogP contribution is -2.36. The van der Waals surface area contributed by atoms with Crippen molar-refractivity contribution in [2.45, 2.75) is 37.8 Å². The molecular weight excluding hydrogens is 410 g/mol. The quantitative estimate of drug-likeness (QED) is 0.461. The van der Waals surface area contributed by atoms with E-state index in [4.69, 9.17) is 4.42 Å². The van der Waals surface area contributed by atoms with Gasteiger partial charge in [0.15, 0.2) is 0 Å². The number of aromatic nitrogens is 4. The van der Waals surface area contributed by atoms with E-state index >= 15 is 0 Å². The minimum atomic E-state index is 0.0665. The van der Waals surface area contributed by atoms with Crippen LogP contribution in [-0.2, 0) is 24.1 Å². The summed E-state index contributed by atoms with van der Waals surface area (Å²) in [5.41, 5.74) is 5.47. The predicted molar refractivity (Wildman–Crippen MR) is 120 cm³/mol. The first kappa shape index (κ1) is 19.8. The fourth-order valence-corrected chi connectivity index (χ4v) is 4.59. The highest BCUT2D eigenvalue weighted by Crippen LogP contribution is 2.29. The number of H-pyrrole nitrogens is 1. The van der Waals surface area contributed by atoms with Gasteiger partial charge < -0.3 is 14.3 Å². The largest absolute Gasteiger partial charge is 0.416 e. The summed E-state index contributed by atoms with van der Waals surface area (Å²) in [6, 6.07) is 14.2. The number of imidazole rings is 1. The number of nitrogens with zero attached hydrogens (tertiary/aromatic N) is 4. The van der Waals surface area contributed by atoms with Crippen LogP contribution >= 0.6 is 11.8 Å². The molecule has 0 saturated carbocycles. The van der Waals surface area contributed by atoms with Gasteiger partial charge in [-0.2, -0.15) is 0 Å². The van der Waals surface area contributed by atoms with Gasteiger partial charge in [-0.25, -0.2) is 4.98 Å². The van der Waals surface area contributed by atoms with Crippen LogP contribution < -0.4 is 4.90 Å². The molecule has 1 amide bonds. The summed E-state index contributed by atoms with van der Waals surface area (Å²) in [6.07, 6.45) is 3.29. The van der Waals surface area contributed by atoms with E-state index in [1.807, 2.05) is 29.2 Å². The third-order valence-electron chi connectivity index (χ3n) is 5.44. The van der Waals surface area contributed by atoms with Crippen LogP contribution in [0.3, 0.4) is 0 Å². The molecule has 5 rings (SSSR count). The molecule has 4 aromatic rings. The third kappa shape index (κ3) is 4.34. The molecule has 0 atom stereocenters.